The van der Waals surface area contributed by atoms with E-state index in [1.54, 1.807) is 24.4 Å². The number of nitrogens with zero attached hydrogens (tertiary/aromatic N) is 2. The number of carbonyl (C=O) groups excluding carboxylic acids is 1. The molecular weight excluding hydrogens is 214 g/mol. The van der Waals surface area contributed by atoms with Gasteiger partial charge in [0.2, 0.25) is 0 Å². The van der Waals surface area contributed by atoms with Crippen molar-refractivity contribution in [2.75, 3.05) is 0 Å². The number of hydrogen-bond acceptors (Lipinski definition) is 3. The lowest BCUT2D eigenvalue weighted by Gasteiger charge is -2.31. The molecule has 17 heavy (non-hydrogen) atoms. The Morgan fingerprint density at radius 3 is 3.18 bits per heavy atom. The number of nitrogens with one attached hydrogen (secondary N) is 1. The molecule has 2 atom stereocenters. The Labute approximate surface area is 99.4 Å². The molecular formula is C13H13N3O. The zero-order chi connectivity index (χ0) is 11.7. The summed E-state index contributed by atoms with van der Waals surface area (Å²) in [5.41, 5.74) is 4.07. The Morgan fingerprint density at radius 1 is 1.47 bits per heavy atom. The van der Waals surface area contributed by atoms with Gasteiger partial charge in [-0.2, -0.15) is 5.10 Å². The largest absolute Gasteiger partial charge is 0.289 e. The summed E-state index contributed by atoms with van der Waals surface area (Å²) in [6.07, 6.45) is 8.07. The third-order valence-electron chi connectivity index (χ3n) is 3.36. The monoisotopic (exact) mass is 227 g/mol. The van der Waals surface area contributed by atoms with Crippen molar-refractivity contribution in [2.45, 2.75) is 12.8 Å². The van der Waals surface area contributed by atoms with E-state index in [2.05, 4.69) is 27.7 Å². The van der Waals surface area contributed by atoms with Gasteiger partial charge in [-0.05, 0) is 30.9 Å². The van der Waals surface area contributed by atoms with Crippen LogP contribution in [-0.2, 0) is 0 Å². The molecule has 0 saturated heterocycles. The van der Waals surface area contributed by atoms with Crippen LogP contribution in [0.15, 0.2) is 41.6 Å². The van der Waals surface area contributed by atoms with Gasteiger partial charge in [-0.3, -0.25) is 9.78 Å². The number of hydrogen-bond donors (Lipinski definition) is 1. The number of fused-ring (bicyclic) bond motifs is 1. The van der Waals surface area contributed by atoms with E-state index in [4.69, 9.17) is 0 Å². The van der Waals surface area contributed by atoms with Crippen LogP contribution in [0.1, 0.15) is 23.3 Å². The maximum Gasteiger partial charge on any atom is 0.289 e. The SMILES string of the molecule is O=C(N/N=C1/C[C@H]2C=CC[C@H]12)c1ccccn1. The number of carbonyl (C=O) groups is 1. The Morgan fingerprint density at radius 2 is 2.41 bits per heavy atom. The highest BCUT2D eigenvalue weighted by atomic mass is 16.2. The van der Waals surface area contributed by atoms with Crippen molar-refractivity contribution in [3.63, 3.8) is 0 Å². The standard InChI is InChI=1S/C13H13N3O/c17-13(11-6-1-2-7-14-11)16-15-12-8-9-4-3-5-10(9)12/h1-4,6-7,9-10H,5,8H2,(H,16,17)/b15-12-/t9-,10+/m1/s1. The number of allylic oxidation sites excluding steroid dienone is 2. The second-order valence-corrected chi connectivity index (χ2v) is 4.40. The molecule has 0 aromatic carbocycles. The fraction of sp³-hybridized carbons (Fsp3) is 0.308. The Balaban J connectivity index is 1.62. The average Bonchev–Trinajstić information content (AvgIpc) is 2.72. The summed E-state index contributed by atoms with van der Waals surface area (Å²) in [6.45, 7) is 0. The number of aromatic nitrogens is 1. The van der Waals surface area contributed by atoms with Crippen LogP contribution in [0.3, 0.4) is 0 Å². The molecule has 3 rings (SSSR count). The Bertz CT molecular complexity index is 493. The van der Waals surface area contributed by atoms with E-state index in [-0.39, 0.29) is 5.91 Å². The van der Waals surface area contributed by atoms with Crippen LogP contribution in [0.4, 0.5) is 0 Å². The second-order valence-electron chi connectivity index (χ2n) is 4.40. The highest BCUT2D eigenvalue weighted by Crippen LogP contribution is 2.39. The third kappa shape index (κ3) is 1.86. The smallest absolute Gasteiger partial charge is 0.266 e. The van der Waals surface area contributed by atoms with Gasteiger partial charge in [0, 0.05) is 17.8 Å². The first-order valence-corrected chi connectivity index (χ1v) is 5.79. The predicted molar refractivity (Wildman–Crippen MR) is 64.5 cm³/mol. The molecule has 1 aromatic heterocycles. The van der Waals surface area contributed by atoms with Crippen LogP contribution in [0.2, 0.25) is 0 Å². The van der Waals surface area contributed by atoms with Gasteiger partial charge in [0.05, 0.1) is 0 Å². The second kappa shape index (κ2) is 4.13. The first-order valence-electron chi connectivity index (χ1n) is 5.79. The van der Waals surface area contributed by atoms with E-state index in [0.717, 1.165) is 18.6 Å². The van der Waals surface area contributed by atoms with Crippen LogP contribution < -0.4 is 5.43 Å². The van der Waals surface area contributed by atoms with Crippen molar-refractivity contribution < 1.29 is 4.79 Å². The minimum atomic E-state index is -0.243. The summed E-state index contributed by atoms with van der Waals surface area (Å²) < 4.78 is 0. The van der Waals surface area contributed by atoms with Crippen LogP contribution in [0, 0.1) is 11.8 Å². The lowest BCUT2D eigenvalue weighted by atomic mass is 9.74. The molecule has 0 aliphatic heterocycles. The molecule has 4 heteroatoms. The van der Waals surface area contributed by atoms with Gasteiger partial charge >= 0.3 is 0 Å². The topological polar surface area (TPSA) is 54.4 Å². The van der Waals surface area contributed by atoms with Gasteiger partial charge in [-0.15, -0.1) is 0 Å². The Kier molecular flexibility index (Phi) is 2.48. The Hall–Kier alpha value is -1.97. The molecule has 0 spiro atoms. The summed E-state index contributed by atoms with van der Waals surface area (Å²) >= 11 is 0. The van der Waals surface area contributed by atoms with Crippen LogP contribution >= 0.6 is 0 Å². The lowest BCUT2D eigenvalue weighted by molar-refractivity contribution is 0.0949. The number of rotatable bonds is 2. The predicted octanol–water partition coefficient (Wildman–Crippen LogP) is 1.76. The van der Waals surface area contributed by atoms with Crippen molar-refractivity contribution in [2.24, 2.45) is 16.9 Å². The molecule has 2 aliphatic rings. The number of hydrazone groups is 1. The van der Waals surface area contributed by atoms with Gasteiger partial charge in [-0.25, -0.2) is 5.43 Å². The fourth-order valence-corrected chi connectivity index (χ4v) is 2.34. The van der Waals surface area contributed by atoms with Gasteiger partial charge < -0.3 is 0 Å². The molecule has 4 nitrogen and oxygen atoms in total. The molecule has 2 aliphatic carbocycles. The fourth-order valence-electron chi connectivity index (χ4n) is 2.34. The number of pyridine rings is 1. The minimum absolute atomic E-state index is 0.243. The quantitative estimate of drug-likeness (QED) is 0.618. The molecule has 1 heterocycles. The van der Waals surface area contributed by atoms with Gasteiger partial charge in [0.15, 0.2) is 0 Å². The molecule has 0 radical (unpaired) electrons. The maximum atomic E-state index is 11.7. The molecule has 0 bridgehead atoms. The van der Waals surface area contributed by atoms with Gasteiger partial charge in [0.25, 0.3) is 5.91 Å². The van der Waals surface area contributed by atoms with Crippen molar-refractivity contribution in [1.82, 2.24) is 10.4 Å². The van der Waals surface area contributed by atoms with Crippen LogP contribution in [0.25, 0.3) is 0 Å². The summed E-state index contributed by atoms with van der Waals surface area (Å²) in [5.74, 6) is 0.937. The van der Waals surface area contributed by atoms with Crippen molar-refractivity contribution in [3.8, 4) is 0 Å². The van der Waals surface area contributed by atoms with E-state index in [0.29, 0.717) is 17.5 Å². The van der Waals surface area contributed by atoms with E-state index in [1.807, 2.05) is 0 Å². The molecule has 1 saturated carbocycles. The van der Waals surface area contributed by atoms with Gasteiger partial charge in [-0.1, -0.05) is 18.2 Å². The van der Waals surface area contributed by atoms with Gasteiger partial charge in [0.1, 0.15) is 5.69 Å². The first kappa shape index (κ1) is 10.2. The van der Waals surface area contributed by atoms with E-state index in [9.17, 15) is 4.79 Å². The molecule has 86 valence electrons. The molecule has 1 aromatic rings. The molecule has 1 N–H and O–H groups in total. The number of amides is 1. The maximum absolute atomic E-state index is 11.7. The average molecular weight is 227 g/mol. The normalized spacial score (nSPS) is 27.6. The van der Waals surface area contributed by atoms with Crippen molar-refractivity contribution in [3.05, 3.63) is 42.2 Å². The van der Waals surface area contributed by atoms with E-state index >= 15 is 0 Å². The highest BCUT2D eigenvalue weighted by Gasteiger charge is 2.37. The minimum Gasteiger partial charge on any atom is -0.266 e. The first-order chi connectivity index (χ1) is 8.34. The lowest BCUT2D eigenvalue weighted by Crippen LogP contribution is -2.35. The zero-order valence-electron chi connectivity index (χ0n) is 9.34. The molecule has 1 amide bonds. The van der Waals surface area contributed by atoms with Crippen LogP contribution in [0.5, 0.6) is 0 Å². The van der Waals surface area contributed by atoms with Crippen LogP contribution in [-0.4, -0.2) is 16.6 Å². The van der Waals surface area contributed by atoms with E-state index < -0.39 is 0 Å². The van der Waals surface area contributed by atoms with Crippen molar-refractivity contribution >= 4 is 11.6 Å². The third-order valence-corrected chi connectivity index (χ3v) is 3.36. The zero-order valence-corrected chi connectivity index (χ0v) is 9.34. The summed E-state index contributed by atoms with van der Waals surface area (Å²) in [4.78, 5) is 15.7. The molecule has 1 fully saturated rings. The summed E-state index contributed by atoms with van der Waals surface area (Å²) in [6, 6.07) is 5.24. The highest BCUT2D eigenvalue weighted by molar-refractivity contribution is 5.97. The van der Waals surface area contributed by atoms with E-state index in [1.165, 1.54) is 0 Å². The van der Waals surface area contributed by atoms with Crippen molar-refractivity contribution in [1.29, 1.82) is 0 Å². The molecule has 0 unspecified atom stereocenters. The summed E-state index contributed by atoms with van der Waals surface area (Å²) in [7, 11) is 0. The summed E-state index contributed by atoms with van der Waals surface area (Å²) in [5, 5.41) is 4.19.